The van der Waals surface area contributed by atoms with Gasteiger partial charge in [0.05, 0.1) is 11.3 Å². The maximum atomic E-state index is 12.7. The van der Waals surface area contributed by atoms with Crippen LogP contribution in [0.3, 0.4) is 0 Å². The van der Waals surface area contributed by atoms with Gasteiger partial charge in [0.15, 0.2) is 0 Å². The minimum absolute atomic E-state index is 0.0968. The molecule has 3 N–H and O–H groups in total. The van der Waals surface area contributed by atoms with Gasteiger partial charge in [0, 0.05) is 4.47 Å². The van der Waals surface area contributed by atoms with E-state index in [4.69, 9.17) is 5.11 Å². The zero-order valence-electron chi connectivity index (χ0n) is 10.4. The van der Waals surface area contributed by atoms with Gasteiger partial charge >= 0.3 is 18.2 Å². The number of para-hydroxylation sites is 1. The highest BCUT2D eigenvalue weighted by Gasteiger charge is 2.64. The normalized spacial score (nSPS) is 16.2. The molecule has 0 bridgehead atoms. The number of aromatic carboxylic acids is 1. The number of carbonyl (C=O) groups is 2. The summed E-state index contributed by atoms with van der Waals surface area (Å²) in [6.45, 7) is 0. The van der Waals surface area contributed by atoms with Crippen molar-refractivity contribution in [2.45, 2.75) is 24.6 Å². The Morgan fingerprint density at radius 2 is 1.90 bits per heavy atom. The third kappa shape index (κ3) is 3.12. The molecule has 0 heterocycles. The van der Waals surface area contributed by atoms with Crippen LogP contribution in [-0.2, 0) is 0 Å². The van der Waals surface area contributed by atoms with Crippen LogP contribution in [0.1, 0.15) is 23.2 Å². The Bertz CT molecular complexity index is 600. The molecule has 1 aliphatic rings. The number of alkyl halides is 3. The van der Waals surface area contributed by atoms with Gasteiger partial charge in [-0.15, -0.1) is 0 Å². The van der Waals surface area contributed by atoms with E-state index in [2.05, 4.69) is 21.2 Å². The minimum atomic E-state index is -4.53. The topological polar surface area (TPSA) is 78.4 Å². The molecule has 0 spiro atoms. The van der Waals surface area contributed by atoms with Crippen molar-refractivity contribution < 1.29 is 27.9 Å². The predicted molar refractivity (Wildman–Crippen MR) is 71.3 cm³/mol. The predicted octanol–water partition coefficient (Wildman–Crippen LogP) is 3.36. The highest BCUT2D eigenvalue weighted by Crippen LogP contribution is 2.48. The minimum Gasteiger partial charge on any atom is -0.478 e. The smallest absolute Gasteiger partial charge is 0.411 e. The van der Waals surface area contributed by atoms with Crippen molar-refractivity contribution in [3.05, 3.63) is 28.2 Å². The zero-order valence-corrected chi connectivity index (χ0v) is 12.0. The molecule has 1 aromatic carbocycles. The number of nitrogens with one attached hydrogen (secondary N) is 2. The average Bonchev–Trinajstić information content (AvgIpc) is 3.11. The fourth-order valence-corrected chi connectivity index (χ4v) is 2.26. The first-order valence-electron chi connectivity index (χ1n) is 5.84. The average molecular weight is 367 g/mol. The van der Waals surface area contributed by atoms with Crippen molar-refractivity contribution in [2.75, 3.05) is 5.32 Å². The monoisotopic (exact) mass is 366 g/mol. The summed E-state index contributed by atoms with van der Waals surface area (Å²) < 4.78 is 38.5. The first-order valence-corrected chi connectivity index (χ1v) is 6.63. The van der Waals surface area contributed by atoms with Gasteiger partial charge in [-0.1, -0.05) is 6.07 Å². The molecule has 2 amide bonds. The molecular formula is C12H10BrF3N2O3. The van der Waals surface area contributed by atoms with E-state index in [1.54, 1.807) is 0 Å². The van der Waals surface area contributed by atoms with Gasteiger partial charge in [-0.25, -0.2) is 9.59 Å². The van der Waals surface area contributed by atoms with Gasteiger partial charge in [0.1, 0.15) is 5.54 Å². The van der Waals surface area contributed by atoms with Crippen molar-refractivity contribution in [3.8, 4) is 0 Å². The van der Waals surface area contributed by atoms with Gasteiger partial charge in [0.2, 0.25) is 0 Å². The van der Waals surface area contributed by atoms with Crippen LogP contribution in [-0.4, -0.2) is 28.8 Å². The lowest BCUT2D eigenvalue weighted by Gasteiger charge is -2.21. The lowest BCUT2D eigenvalue weighted by atomic mass is 10.2. The van der Waals surface area contributed by atoms with Crippen LogP contribution in [0.25, 0.3) is 0 Å². The van der Waals surface area contributed by atoms with Crippen LogP contribution in [0, 0.1) is 0 Å². The summed E-state index contributed by atoms with van der Waals surface area (Å²) in [7, 11) is 0. The number of rotatable bonds is 3. The lowest BCUT2D eigenvalue weighted by molar-refractivity contribution is -0.162. The van der Waals surface area contributed by atoms with Crippen molar-refractivity contribution in [3.63, 3.8) is 0 Å². The Balaban J connectivity index is 2.16. The summed E-state index contributed by atoms with van der Waals surface area (Å²) in [5.74, 6) is -1.30. The number of halogens is 4. The lowest BCUT2D eigenvalue weighted by Crippen LogP contribution is -2.49. The molecule has 2 rings (SSSR count). The van der Waals surface area contributed by atoms with Crippen molar-refractivity contribution in [2.24, 2.45) is 0 Å². The summed E-state index contributed by atoms with van der Waals surface area (Å²) in [6.07, 6.45) is -4.91. The number of carboxylic acids is 1. The Morgan fingerprint density at radius 1 is 1.29 bits per heavy atom. The molecule has 0 radical (unpaired) electrons. The molecular weight excluding hydrogens is 357 g/mol. The van der Waals surface area contributed by atoms with Crippen LogP contribution in [0.2, 0.25) is 0 Å². The number of urea groups is 1. The van der Waals surface area contributed by atoms with Crippen molar-refractivity contribution in [1.82, 2.24) is 5.32 Å². The number of carbonyl (C=O) groups excluding carboxylic acids is 1. The Kier molecular flexibility index (Phi) is 3.87. The molecule has 1 fully saturated rings. The van der Waals surface area contributed by atoms with Crippen LogP contribution >= 0.6 is 15.9 Å². The molecule has 1 aliphatic carbocycles. The molecule has 0 saturated heterocycles. The third-order valence-electron chi connectivity index (χ3n) is 3.13. The maximum Gasteiger partial charge on any atom is 0.411 e. The highest BCUT2D eigenvalue weighted by molar-refractivity contribution is 9.10. The van der Waals surface area contributed by atoms with Gasteiger partial charge in [-0.2, -0.15) is 13.2 Å². The quantitative estimate of drug-likeness (QED) is 0.767. The number of anilines is 1. The van der Waals surface area contributed by atoms with E-state index in [0.29, 0.717) is 0 Å². The first kappa shape index (κ1) is 15.6. The van der Waals surface area contributed by atoms with Crippen LogP contribution in [0.5, 0.6) is 0 Å². The molecule has 0 aromatic heterocycles. The first-order chi connectivity index (χ1) is 9.66. The SMILES string of the molecule is O=C(Nc1c(Br)cccc1C(=O)O)NC1(C(F)(F)F)CC1. The van der Waals surface area contributed by atoms with Crippen LogP contribution in [0.15, 0.2) is 22.7 Å². The maximum absolute atomic E-state index is 12.7. The second-order valence-corrected chi connectivity index (χ2v) is 5.48. The third-order valence-corrected chi connectivity index (χ3v) is 3.79. The van der Waals surface area contributed by atoms with E-state index in [1.165, 1.54) is 18.2 Å². The Labute approximate surface area is 125 Å². The number of hydrogen-bond donors (Lipinski definition) is 3. The van der Waals surface area contributed by atoms with Gasteiger partial charge in [0.25, 0.3) is 0 Å². The number of amides is 2. The van der Waals surface area contributed by atoms with Gasteiger partial charge in [-0.3, -0.25) is 0 Å². The molecule has 1 saturated carbocycles. The Morgan fingerprint density at radius 3 is 2.38 bits per heavy atom. The summed E-state index contributed by atoms with van der Waals surface area (Å²) >= 11 is 3.05. The second-order valence-electron chi connectivity index (χ2n) is 4.63. The zero-order chi connectivity index (χ0) is 15.8. The molecule has 1 aromatic rings. The van der Waals surface area contributed by atoms with E-state index in [0.717, 1.165) is 0 Å². The van der Waals surface area contributed by atoms with Crippen molar-refractivity contribution >= 4 is 33.6 Å². The molecule has 0 aliphatic heterocycles. The summed E-state index contributed by atoms with van der Waals surface area (Å²) in [5, 5.41) is 13.0. The number of carboxylic acid groups (broad SMARTS) is 1. The largest absolute Gasteiger partial charge is 0.478 e. The number of benzene rings is 1. The standard InChI is InChI=1S/C12H10BrF3N2O3/c13-7-3-1-2-6(9(19)20)8(7)17-10(21)18-11(4-5-11)12(14,15)16/h1-3H,4-5H2,(H,19,20)(H2,17,18,21). The molecule has 114 valence electrons. The van der Waals surface area contributed by atoms with E-state index in [1.807, 2.05) is 5.32 Å². The van der Waals surface area contributed by atoms with E-state index >= 15 is 0 Å². The Hall–Kier alpha value is -1.77. The highest BCUT2D eigenvalue weighted by atomic mass is 79.9. The van der Waals surface area contributed by atoms with Gasteiger partial charge < -0.3 is 15.7 Å². The van der Waals surface area contributed by atoms with E-state index < -0.39 is 23.7 Å². The fraction of sp³-hybridized carbons (Fsp3) is 0.333. The second kappa shape index (κ2) is 5.21. The fourth-order valence-electron chi connectivity index (χ4n) is 1.80. The summed E-state index contributed by atoms with van der Waals surface area (Å²) in [6, 6.07) is 3.05. The van der Waals surface area contributed by atoms with Crippen LogP contribution in [0.4, 0.5) is 23.7 Å². The molecule has 5 nitrogen and oxygen atoms in total. The van der Waals surface area contributed by atoms with E-state index in [9.17, 15) is 22.8 Å². The van der Waals surface area contributed by atoms with Crippen LogP contribution < -0.4 is 10.6 Å². The molecule has 21 heavy (non-hydrogen) atoms. The summed E-state index contributed by atoms with van der Waals surface area (Å²) in [5.41, 5.74) is -2.53. The summed E-state index contributed by atoms with van der Waals surface area (Å²) in [4.78, 5) is 22.7. The van der Waals surface area contributed by atoms with Gasteiger partial charge in [-0.05, 0) is 40.9 Å². The van der Waals surface area contributed by atoms with E-state index in [-0.39, 0.29) is 28.6 Å². The molecule has 9 heteroatoms. The van der Waals surface area contributed by atoms with Crippen molar-refractivity contribution in [1.29, 1.82) is 0 Å². The molecule has 0 unspecified atom stereocenters. The molecule has 0 atom stereocenters. The number of hydrogen-bond acceptors (Lipinski definition) is 2.